The second-order valence-corrected chi connectivity index (χ2v) is 4.84. The Kier molecular flexibility index (Phi) is 4.83. The van der Waals surface area contributed by atoms with Crippen LogP contribution >= 0.6 is 11.6 Å². The van der Waals surface area contributed by atoms with E-state index in [1.165, 1.54) is 0 Å². The lowest BCUT2D eigenvalue weighted by atomic mass is 10.1. The van der Waals surface area contributed by atoms with Crippen LogP contribution in [0.2, 0.25) is 5.02 Å². The standard InChI is InChI=1S/C12H11ClF3N5O2/c1-3-23-11(22)10-18-19-20-21(10)6(2)9-8(13)4-7(5-17-9)12(14,15)16/h4-6H,3H2,1-2H3/t6-/m1/s1. The van der Waals surface area contributed by atoms with Gasteiger partial charge in [-0.05, 0) is 30.3 Å². The lowest BCUT2D eigenvalue weighted by Crippen LogP contribution is -2.19. The molecule has 0 fully saturated rings. The van der Waals surface area contributed by atoms with Gasteiger partial charge in [0.25, 0.3) is 5.82 Å². The summed E-state index contributed by atoms with van der Waals surface area (Å²) in [6.45, 7) is 3.28. The van der Waals surface area contributed by atoms with E-state index < -0.39 is 23.8 Å². The number of esters is 1. The summed E-state index contributed by atoms with van der Waals surface area (Å²) in [5, 5.41) is 10.3. The van der Waals surface area contributed by atoms with Crippen molar-refractivity contribution in [3.8, 4) is 0 Å². The third-order valence-electron chi connectivity index (χ3n) is 2.91. The van der Waals surface area contributed by atoms with Crippen molar-refractivity contribution in [2.75, 3.05) is 6.61 Å². The van der Waals surface area contributed by atoms with Crippen LogP contribution in [-0.4, -0.2) is 37.8 Å². The molecule has 2 heterocycles. The number of alkyl halides is 3. The van der Waals surface area contributed by atoms with Crippen LogP contribution in [0.3, 0.4) is 0 Å². The molecule has 0 aliphatic rings. The van der Waals surface area contributed by atoms with E-state index in [2.05, 4.69) is 20.5 Å². The first-order valence-corrected chi connectivity index (χ1v) is 6.81. The normalized spacial score (nSPS) is 13.0. The number of tetrazole rings is 1. The number of aromatic nitrogens is 5. The molecule has 1 atom stereocenters. The fourth-order valence-electron chi connectivity index (χ4n) is 1.81. The summed E-state index contributed by atoms with van der Waals surface area (Å²) >= 11 is 5.88. The predicted molar refractivity (Wildman–Crippen MR) is 71.8 cm³/mol. The molecular weight excluding hydrogens is 339 g/mol. The van der Waals surface area contributed by atoms with Gasteiger partial charge in [0.05, 0.1) is 28.9 Å². The monoisotopic (exact) mass is 349 g/mol. The summed E-state index contributed by atoms with van der Waals surface area (Å²) < 4.78 is 43.8. The third-order valence-corrected chi connectivity index (χ3v) is 3.21. The summed E-state index contributed by atoms with van der Waals surface area (Å²) in [4.78, 5) is 15.5. The molecule has 0 saturated heterocycles. The first-order chi connectivity index (χ1) is 10.8. The fourth-order valence-corrected chi connectivity index (χ4v) is 2.14. The molecule has 0 aromatic carbocycles. The third kappa shape index (κ3) is 3.58. The summed E-state index contributed by atoms with van der Waals surface area (Å²) in [7, 11) is 0. The van der Waals surface area contributed by atoms with E-state index in [0.717, 1.165) is 10.7 Å². The minimum Gasteiger partial charge on any atom is -0.460 e. The molecule has 7 nitrogen and oxygen atoms in total. The van der Waals surface area contributed by atoms with Gasteiger partial charge in [-0.15, -0.1) is 5.10 Å². The van der Waals surface area contributed by atoms with Crippen molar-refractivity contribution in [3.63, 3.8) is 0 Å². The number of carbonyl (C=O) groups excluding carboxylic acids is 1. The van der Waals surface area contributed by atoms with Crippen LogP contribution in [0, 0.1) is 0 Å². The predicted octanol–water partition coefficient (Wildman–Crippen LogP) is 2.53. The molecule has 11 heteroatoms. The molecule has 2 aromatic heterocycles. The van der Waals surface area contributed by atoms with Gasteiger partial charge in [-0.3, -0.25) is 4.98 Å². The average molecular weight is 350 g/mol. The molecule has 0 aliphatic carbocycles. The average Bonchev–Trinajstić information content (AvgIpc) is 2.95. The molecule has 0 saturated carbocycles. The Morgan fingerprint density at radius 1 is 1.48 bits per heavy atom. The van der Waals surface area contributed by atoms with Gasteiger partial charge in [-0.1, -0.05) is 11.6 Å². The number of halogens is 4. The molecule has 0 spiro atoms. The number of carbonyl (C=O) groups is 1. The van der Waals surface area contributed by atoms with E-state index in [1.807, 2.05) is 0 Å². The molecule has 0 unspecified atom stereocenters. The van der Waals surface area contributed by atoms with Gasteiger partial charge in [0, 0.05) is 6.20 Å². The quantitative estimate of drug-likeness (QED) is 0.789. The molecule has 0 amide bonds. The first kappa shape index (κ1) is 17.1. The Bertz CT molecular complexity index is 719. The van der Waals surface area contributed by atoms with Crippen LogP contribution in [0.15, 0.2) is 12.3 Å². The van der Waals surface area contributed by atoms with E-state index >= 15 is 0 Å². The van der Waals surface area contributed by atoms with Crippen LogP contribution in [0.5, 0.6) is 0 Å². The molecule has 2 aromatic rings. The number of pyridine rings is 1. The Labute approximate surface area is 133 Å². The van der Waals surface area contributed by atoms with Crippen molar-refractivity contribution in [2.45, 2.75) is 26.1 Å². The van der Waals surface area contributed by atoms with E-state index in [4.69, 9.17) is 16.3 Å². The largest absolute Gasteiger partial charge is 0.460 e. The van der Waals surface area contributed by atoms with Gasteiger partial charge >= 0.3 is 12.1 Å². The van der Waals surface area contributed by atoms with Gasteiger partial charge in [-0.25, -0.2) is 9.48 Å². The Hall–Kier alpha value is -2.23. The van der Waals surface area contributed by atoms with Crippen LogP contribution in [0.25, 0.3) is 0 Å². The molecular formula is C12H11ClF3N5O2. The molecule has 0 radical (unpaired) electrons. The zero-order valence-corrected chi connectivity index (χ0v) is 12.8. The smallest absolute Gasteiger partial charge is 0.417 e. The van der Waals surface area contributed by atoms with E-state index in [0.29, 0.717) is 6.20 Å². The molecule has 2 rings (SSSR count). The molecule has 23 heavy (non-hydrogen) atoms. The van der Waals surface area contributed by atoms with Crippen molar-refractivity contribution in [3.05, 3.63) is 34.4 Å². The van der Waals surface area contributed by atoms with Gasteiger partial charge < -0.3 is 4.74 Å². The first-order valence-electron chi connectivity index (χ1n) is 6.43. The van der Waals surface area contributed by atoms with Crippen molar-refractivity contribution < 1.29 is 22.7 Å². The van der Waals surface area contributed by atoms with Gasteiger partial charge in [0.2, 0.25) is 0 Å². The SMILES string of the molecule is CCOC(=O)c1nnnn1[C@H](C)c1ncc(C(F)(F)F)cc1Cl. The minimum atomic E-state index is -4.55. The van der Waals surface area contributed by atoms with Crippen molar-refractivity contribution in [2.24, 2.45) is 0 Å². The second kappa shape index (κ2) is 6.49. The Morgan fingerprint density at radius 2 is 2.17 bits per heavy atom. The summed E-state index contributed by atoms with van der Waals surface area (Å²) in [5.74, 6) is -0.954. The minimum absolute atomic E-state index is 0.0949. The Balaban J connectivity index is 2.37. The lowest BCUT2D eigenvalue weighted by molar-refractivity contribution is -0.137. The van der Waals surface area contributed by atoms with Crippen molar-refractivity contribution in [1.29, 1.82) is 0 Å². The summed E-state index contributed by atoms with van der Waals surface area (Å²) in [6, 6.07) is -0.00593. The van der Waals surface area contributed by atoms with E-state index in [1.54, 1.807) is 13.8 Å². The fraction of sp³-hybridized carbons (Fsp3) is 0.417. The van der Waals surface area contributed by atoms with Crippen LogP contribution in [0.1, 0.15) is 41.8 Å². The van der Waals surface area contributed by atoms with Crippen LogP contribution < -0.4 is 0 Å². The van der Waals surface area contributed by atoms with Crippen molar-refractivity contribution >= 4 is 17.6 Å². The molecule has 0 bridgehead atoms. The number of nitrogens with zero attached hydrogens (tertiary/aromatic N) is 5. The topological polar surface area (TPSA) is 82.8 Å². The second-order valence-electron chi connectivity index (χ2n) is 4.43. The summed E-state index contributed by atoms with van der Waals surface area (Å²) in [5.41, 5.74) is -0.877. The number of rotatable bonds is 4. The van der Waals surface area contributed by atoms with Crippen LogP contribution in [0.4, 0.5) is 13.2 Å². The van der Waals surface area contributed by atoms with Gasteiger partial charge in [-0.2, -0.15) is 13.2 Å². The van der Waals surface area contributed by atoms with E-state index in [-0.39, 0.29) is 23.1 Å². The maximum Gasteiger partial charge on any atom is 0.417 e. The highest BCUT2D eigenvalue weighted by molar-refractivity contribution is 6.31. The zero-order valence-electron chi connectivity index (χ0n) is 12.0. The number of hydrogen-bond acceptors (Lipinski definition) is 6. The highest BCUT2D eigenvalue weighted by Crippen LogP contribution is 2.33. The number of ether oxygens (including phenoxy) is 1. The van der Waals surface area contributed by atoms with E-state index in [9.17, 15) is 18.0 Å². The lowest BCUT2D eigenvalue weighted by Gasteiger charge is -2.15. The van der Waals surface area contributed by atoms with Crippen LogP contribution in [-0.2, 0) is 10.9 Å². The number of hydrogen-bond donors (Lipinski definition) is 0. The molecule has 0 aliphatic heterocycles. The zero-order chi connectivity index (χ0) is 17.2. The van der Waals surface area contributed by atoms with Crippen molar-refractivity contribution in [1.82, 2.24) is 25.2 Å². The maximum absolute atomic E-state index is 12.6. The Morgan fingerprint density at radius 3 is 2.74 bits per heavy atom. The molecule has 0 N–H and O–H groups in total. The highest BCUT2D eigenvalue weighted by atomic mass is 35.5. The van der Waals surface area contributed by atoms with Gasteiger partial charge in [0.15, 0.2) is 0 Å². The summed E-state index contributed by atoms with van der Waals surface area (Å²) in [6.07, 6.45) is -3.89. The van der Waals surface area contributed by atoms with Gasteiger partial charge in [0.1, 0.15) is 0 Å². The highest BCUT2D eigenvalue weighted by Gasteiger charge is 2.32. The molecule has 124 valence electrons. The maximum atomic E-state index is 12.6.